The molecule has 5 nitrogen and oxygen atoms in total. The number of benzene rings is 2. The first-order valence-electron chi connectivity index (χ1n) is 9.21. The van der Waals surface area contributed by atoms with E-state index in [9.17, 15) is 9.59 Å². The van der Waals surface area contributed by atoms with Gasteiger partial charge in [-0.05, 0) is 48.4 Å². The van der Waals surface area contributed by atoms with Gasteiger partial charge in [0, 0.05) is 42.5 Å². The van der Waals surface area contributed by atoms with Crippen LogP contribution in [0.3, 0.4) is 0 Å². The van der Waals surface area contributed by atoms with Gasteiger partial charge in [-0.3, -0.25) is 14.5 Å². The lowest BCUT2D eigenvalue weighted by molar-refractivity contribution is -0.117. The Hall–Kier alpha value is -2.37. The fourth-order valence-electron chi connectivity index (χ4n) is 3.11. The van der Waals surface area contributed by atoms with Crippen molar-refractivity contribution < 1.29 is 9.59 Å². The van der Waals surface area contributed by atoms with Gasteiger partial charge in [-0.1, -0.05) is 30.7 Å². The monoisotopic (exact) mass is 385 g/mol. The Morgan fingerprint density at radius 3 is 2.19 bits per heavy atom. The molecule has 0 aliphatic carbocycles. The maximum Gasteiger partial charge on any atom is 0.253 e. The second-order valence-corrected chi connectivity index (χ2v) is 7.11. The SMILES string of the molecule is CCc1ccc(C(=O)N2CCN(CC(=O)Nc3ccc(Cl)cc3)CC2)cc1. The van der Waals surface area contributed by atoms with Crippen molar-refractivity contribution in [2.45, 2.75) is 13.3 Å². The predicted molar refractivity (Wildman–Crippen MR) is 108 cm³/mol. The second kappa shape index (κ2) is 9.02. The maximum absolute atomic E-state index is 12.6. The molecule has 1 saturated heterocycles. The first-order chi connectivity index (χ1) is 13.0. The van der Waals surface area contributed by atoms with Crippen LogP contribution in [0.25, 0.3) is 0 Å². The Balaban J connectivity index is 1.47. The highest BCUT2D eigenvalue weighted by molar-refractivity contribution is 6.30. The summed E-state index contributed by atoms with van der Waals surface area (Å²) in [6.07, 6.45) is 0.964. The number of carbonyl (C=O) groups is 2. The molecular formula is C21H24ClN3O2. The topological polar surface area (TPSA) is 52.7 Å². The smallest absolute Gasteiger partial charge is 0.253 e. The highest BCUT2D eigenvalue weighted by atomic mass is 35.5. The van der Waals surface area contributed by atoms with Crippen molar-refractivity contribution in [3.63, 3.8) is 0 Å². The van der Waals surface area contributed by atoms with E-state index >= 15 is 0 Å². The molecule has 0 radical (unpaired) electrons. The van der Waals surface area contributed by atoms with E-state index in [4.69, 9.17) is 11.6 Å². The number of aryl methyl sites for hydroxylation is 1. The van der Waals surface area contributed by atoms with E-state index in [-0.39, 0.29) is 11.8 Å². The Morgan fingerprint density at radius 2 is 1.59 bits per heavy atom. The molecule has 0 atom stereocenters. The molecule has 0 unspecified atom stereocenters. The number of carbonyl (C=O) groups excluding carboxylic acids is 2. The van der Waals surface area contributed by atoms with Gasteiger partial charge in [-0.25, -0.2) is 0 Å². The summed E-state index contributed by atoms with van der Waals surface area (Å²) in [5.74, 6) is -0.00447. The van der Waals surface area contributed by atoms with E-state index in [1.807, 2.05) is 29.2 Å². The van der Waals surface area contributed by atoms with Crippen molar-refractivity contribution >= 4 is 29.1 Å². The van der Waals surface area contributed by atoms with E-state index in [1.165, 1.54) is 5.56 Å². The van der Waals surface area contributed by atoms with Crippen molar-refractivity contribution in [3.8, 4) is 0 Å². The summed E-state index contributed by atoms with van der Waals surface area (Å²) in [4.78, 5) is 28.7. The fourth-order valence-corrected chi connectivity index (χ4v) is 3.24. The molecule has 1 heterocycles. The molecule has 0 saturated carbocycles. The summed E-state index contributed by atoms with van der Waals surface area (Å²) in [7, 11) is 0. The van der Waals surface area contributed by atoms with Gasteiger partial charge in [0.15, 0.2) is 0 Å². The van der Waals surface area contributed by atoms with Crippen molar-refractivity contribution in [3.05, 3.63) is 64.7 Å². The van der Waals surface area contributed by atoms with Crippen molar-refractivity contribution in [2.24, 2.45) is 0 Å². The van der Waals surface area contributed by atoms with Crippen LogP contribution in [0.2, 0.25) is 5.02 Å². The molecule has 0 spiro atoms. The summed E-state index contributed by atoms with van der Waals surface area (Å²) in [6, 6.07) is 14.8. The molecule has 1 aliphatic heterocycles. The van der Waals surface area contributed by atoms with Crippen LogP contribution in [0.1, 0.15) is 22.8 Å². The Kier molecular flexibility index (Phi) is 6.48. The van der Waals surface area contributed by atoms with Gasteiger partial charge >= 0.3 is 0 Å². The Labute approximate surface area is 164 Å². The zero-order valence-corrected chi connectivity index (χ0v) is 16.2. The minimum absolute atomic E-state index is 0.0583. The van der Waals surface area contributed by atoms with Crippen molar-refractivity contribution in [2.75, 3.05) is 38.0 Å². The van der Waals surface area contributed by atoms with Crippen LogP contribution in [0.4, 0.5) is 5.69 Å². The average Bonchev–Trinajstić information content (AvgIpc) is 2.70. The lowest BCUT2D eigenvalue weighted by Gasteiger charge is -2.34. The Morgan fingerprint density at radius 1 is 0.963 bits per heavy atom. The van der Waals surface area contributed by atoms with Crippen LogP contribution in [0.15, 0.2) is 48.5 Å². The average molecular weight is 386 g/mol. The highest BCUT2D eigenvalue weighted by Crippen LogP contribution is 2.14. The molecular weight excluding hydrogens is 362 g/mol. The highest BCUT2D eigenvalue weighted by Gasteiger charge is 2.23. The number of halogens is 1. The zero-order chi connectivity index (χ0) is 19.2. The van der Waals surface area contributed by atoms with Crippen LogP contribution < -0.4 is 5.32 Å². The first kappa shape index (κ1) is 19.4. The molecule has 1 aliphatic rings. The molecule has 2 aromatic carbocycles. The third-order valence-electron chi connectivity index (χ3n) is 4.76. The van der Waals surface area contributed by atoms with E-state index in [2.05, 4.69) is 17.1 Å². The summed E-state index contributed by atoms with van der Waals surface area (Å²) < 4.78 is 0. The number of nitrogens with zero attached hydrogens (tertiary/aromatic N) is 2. The molecule has 2 aromatic rings. The summed E-state index contributed by atoms with van der Waals surface area (Å²) in [5, 5.41) is 3.50. The van der Waals surface area contributed by atoms with E-state index in [0.717, 1.165) is 17.7 Å². The summed E-state index contributed by atoms with van der Waals surface area (Å²) >= 11 is 5.85. The number of anilines is 1. The van der Waals surface area contributed by atoms with Crippen LogP contribution in [-0.2, 0) is 11.2 Å². The first-order valence-corrected chi connectivity index (χ1v) is 9.59. The molecule has 142 valence electrons. The normalized spacial score (nSPS) is 14.8. The minimum Gasteiger partial charge on any atom is -0.336 e. The van der Waals surface area contributed by atoms with Gasteiger partial charge < -0.3 is 10.2 Å². The third-order valence-corrected chi connectivity index (χ3v) is 5.02. The number of rotatable bonds is 5. The van der Waals surface area contributed by atoms with E-state index < -0.39 is 0 Å². The number of amides is 2. The molecule has 2 amide bonds. The molecule has 3 rings (SSSR count). The van der Waals surface area contributed by atoms with Crippen LogP contribution in [0, 0.1) is 0 Å². The lowest BCUT2D eigenvalue weighted by atomic mass is 10.1. The molecule has 6 heteroatoms. The standard InChI is InChI=1S/C21H24ClN3O2/c1-2-16-3-5-17(6-4-16)21(27)25-13-11-24(12-14-25)15-20(26)23-19-9-7-18(22)8-10-19/h3-10H,2,11-15H2,1H3,(H,23,26). The van der Waals surface area contributed by atoms with Crippen molar-refractivity contribution in [1.82, 2.24) is 9.80 Å². The van der Waals surface area contributed by atoms with Gasteiger partial charge in [0.1, 0.15) is 0 Å². The number of piperazine rings is 1. The predicted octanol–water partition coefficient (Wildman–Crippen LogP) is 3.30. The number of hydrogen-bond acceptors (Lipinski definition) is 3. The molecule has 27 heavy (non-hydrogen) atoms. The summed E-state index contributed by atoms with van der Waals surface area (Å²) in [6.45, 7) is 5.04. The lowest BCUT2D eigenvalue weighted by Crippen LogP contribution is -2.50. The molecule has 0 aromatic heterocycles. The number of hydrogen-bond donors (Lipinski definition) is 1. The maximum atomic E-state index is 12.6. The largest absolute Gasteiger partial charge is 0.336 e. The van der Waals surface area contributed by atoms with Crippen molar-refractivity contribution in [1.29, 1.82) is 0 Å². The molecule has 1 fully saturated rings. The zero-order valence-electron chi connectivity index (χ0n) is 15.5. The number of nitrogens with one attached hydrogen (secondary N) is 1. The Bertz CT molecular complexity index is 782. The van der Waals surface area contributed by atoms with Gasteiger partial charge in [-0.15, -0.1) is 0 Å². The van der Waals surface area contributed by atoms with Crippen LogP contribution in [0.5, 0.6) is 0 Å². The van der Waals surface area contributed by atoms with Gasteiger partial charge in [0.25, 0.3) is 5.91 Å². The minimum atomic E-state index is -0.0627. The fraction of sp³-hybridized carbons (Fsp3) is 0.333. The van der Waals surface area contributed by atoms with E-state index in [0.29, 0.717) is 37.7 Å². The van der Waals surface area contributed by atoms with Gasteiger partial charge in [-0.2, -0.15) is 0 Å². The third kappa shape index (κ3) is 5.31. The quantitative estimate of drug-likeness (QED) is 0.859. The van der Waals surface area contributed by atoms with Crippen LogP contribution >= 0.6 is 11.6 Å². The van der Waals surface area contributed by atoms with Gasteiger partial charge in [0.05, 0.1) is 6.54 Å². The second-order valence-electron chi connectivity index (χ2n) is 6.67. The van der Waals surface area contributed by atoms with Gasteiger partial charge in [0.2, 0.25) is 5.91 Å². The van der Waals surface area contributed by atoms with E-state index in [1.54, 1.807) is 24.3 Å². The van der Waals surface area contributed by atoms with Crippen LogP contribution in [-0.4, -0.2) is 54.3 Å². The molecule has 0 bridgehead atoms. The molecule has 1 N–H and O–H groups in total. The summed E-state index contributed by atoms with van der Waals surface area (Å²) in [5.41, 5.74) is 2.68.